The standard InChI is InChI=1S/C25H25N3O3S/c1-16-6-4-9-28-23(29)13-18(26-25(16)28)15-27-10-8-17-12-20(30-2)21(31-3)14-19(17)24(27)22-7-5-11-32-22/h4-7,9,11-14,24H,8,10,15H2,1-3H3/t24-/m0/s1. The van der Waals surface area contributed by atoms with Gasteiger partial charge < -0.3 is 9.47 Å². The Kier molecular flexibility index (Phi) is 5.45. The number of rotatable bonds is 5. The molecule has 1 atom stereocenters. The minimum absolute atomic E-state index is 0.0508. The zero-order valence-corrected chi connectivity index (χ0v) is 19.2. The minimum Gasteiger partial charge on any atom is -0.493 e. The topological polar surface area (TPSA) is 56.1 Å². The van der Waals surface area contributed by atoms with Gasteiger partial charge in [-0.15, -0.1) is 11.3 Å². The van der Waals surface area contributed by atoms with E-state index in [0.717, 1.165) is 35.7 Å². The van der Waals surface area contributed by atoms with E-state index in [1.54, 1.807) is 42.2 Å². The second-order valence-corrected chi connectivity index (χ2v) is 8.99. The number of benzene rings is 1. The Bertz CT molecular complexity index is 1330. The molecule has 0 saturated heterocycles. The molecule has 0 amide bonds. The van der Waals surface area contributed by atoms with E-state index in [-0.39, 0.29) is 11.6 Å². The number of ether oxygens (including phenoxy) is 2. The highest BCUT2D eigenvalue weighted by Crippen LogP contribution is 2.42. The van der Waals surface area contributed by atoms with Gasteiger partial charge in [0.2, 0.25) is 0 Å². The molecule has 0 unspecified atom stereocenters. The Morgan fingerprint density at radius 3 is 2.69 bits per heavy atom. The number of nitrogens with zero attached hydrogens (tertiary/aromatic N) is 3. The van der Waals surface area contributed by atoms with E-state index < -0.39 is 0 Å². The van der Waals surface area contributed by atoms with Crippen LogP contribution in [0.5, 0.6) is 11.5 Å². The lowest BCUT2D eigenvalue weighted by atomic mass is 9.90. The summed E-state index contributed by atoms with van der Waals surface area (Å²) in [6.07, 6.45) is 2.66. The first-order chi connectivity index (χ1) is 15.6. The fourth-order valence-electron chi connectivity index (χ4n) is 4.55. The largest absolute Gasteiger partial charge is 0.493 e. The molecule has 0 aliphatic carbocycles. The molecule has 4 aromatic rings. The van der Waals surface area contributed by atoms with Crippen LogP contribution in [0.15, 0.2) is 58.8 Å². The van der Waals surface area contributed by atoms with Crippen molar-refractivity contribution in [1.29, 1.82) is 0 Å². The van der Waals surface area contributed by atoms with Gasteiger partial charge in [0, 0.05) is 30.2 Å². The third-order valence-corrected chi connectivity index (χ3v) is 7.02. The molecule has 0 radical (unpaired) electrons. The third kappa shape index (κ3) is 3.57. The maximum Gasteiger partial charge on any atom is 0.258 e. The fourth-order valence-corrected chi connectivity index (χ4v) is 5.42. The molecule has 32 heavy (non-hydrogen) atoms. The SMILES string of the molecule is COc1cc2c(cc1OC)[C@@H](c1cccs1)N(Cc1cc(=O)n3cccc(C)c3n1)CC2. The molecule has 5 rings (SSSR count). The van der Waals surface area contributed by atoms with E-state index in [9.17, 15) is 4.79 Å². The summed E-state index contributed by atoms with van der Waals surface area (Å²) in [6.45, 7) is 3.44. The van der Waals surface area contributed by atoms with Crippen molar-refractivity contribution in [2.24, 2.45) is 0 Å². The van der Waals surface area contributed by atoms with Crippen molar-refractivity contribution in [2.45, 2.75) is 25.9 Å². The van der Waals surface area contributed by atoms with E-state index in [1.165, 1.54) is 16.0 Å². The molecule has 1 aromatic carbocycles. The third-order valence-electron chi connectivity index (χ3n) is 6.09. The Morgan fingerprint density at radius 2 is 1.94 bits per heavy atom. The average Bonchev–Trinajstić information content (AvgIpc) is 3.33. The van der Waals surface area contributed by atoms with Crippen molar-refractivity contribution >= 4 is 17.0 Å². The van der Waals surface area contributed by atoms with Crippen molar-refractivity contribution in [3.63, 3.8) is 0 Å². The quantitative estimate of drug-likeness (QED) is 0.458. The van der Waals surface area contributed by atoms with Crippen molar-refractivity contribution < 1.29 is 9.47 Å². The summed E-state index contributed by atoms with van der Waals surface area (Å²) in [5, 5.41) is 2.10. The number of aromatic nitrogens is 2. The van der Waals surface area contributed by atoms with Crippen LogP contribution in [0.3, 0.4) is 0 Å². The summed E-state index contributed by atoms with van der Waals surface area (Å²) >= 11 is 1.74. The van der Waals surface area contributed by atoms with Gasteiger partial charge in [-0.2, -0.15) is 0 Å². The summed E-state index contributed by atoms with van der Waals surface area (Å²) in [4.78, 5) is 21.2. The fraction of sp³-hybridized carbons (Fsp3) is 0.280. The molecule has 0 fully saturated rings. The van der Waals surface area contributed by atoms with Gasteiger partial charge in [0.15, 0.2) is 11.5 Å². The van der Waals surface area contributed by atoms with Crippen LogP contribution in [0.4, 0.5) is 0 Å². The number of hydrogen-bond acceptors (Lipinski definition) is 6. The first-order valence-corrected chi connectivity index (χ1v) is 11.5. The smallest absolute Gasteiger partial charge is 0.258 e. The zero-order valence-electron chi connectivity index (χ0n) is 18.4. The van der Waals surface area contributed by atoms with Crippen LogP contribution >= 0.6 is 11.3 Å². The maximum absolute atomic E-state index is 12.7. The lowest BCUT2D eigenvalue weighted by molar-refractivity contribution is 0.203. The van der Waals surface area contributed by atoms with Gasteiger partial charge in [-0.3, -0.25) is 14.1 Å². The molecule has 4 heterocycles. The molecule has 6 nitrogen and oxygen atoms in total. The van der Waals surface area contributed by atoms with Crippen molar-refractivity contribution in [2.75, 3.05) is 20.8 Å². The minimum atomic E-state index is -0.0508. The maximum atomic E-state index is 12.7. The van der Waals surface area contributed by atoms with E-state index >= 15 is 0 Å². The summed E-state index contributed by atoms with van der Waals surface area (Å²) in [7, 11) is 3.34. The highest BCUT2D eigenvalue weighted by atomic mass is 32.1. The van der Waals surface area contributed by atoms with E-state index in [1.807, 2.05) is 19.1 Å². The number of aryl methyl sites for hydroxylation is 1. The first-order valence-electron chi connectivity index (χ1n) is 10.6. The van der Waals surface area contributed by atoms with Crippen LogP contribution in [0.2, 0.25) is 0 Å². The van der Waals surface area contributed by atoms with Crippen molar-refractivity contribution in [3.05, 3.63) is 91.7 Å². The molecule has 0 bridgehead atoms. The number of methoxy groups -OCH3 is 2. The monoisotopic (exact) mass is 447 g/mol. The van der Waals surface area contributed by atoms with Gasteiger partial charge in [-0.1, -0.05) is 12.1 Å². The summed E-state index contributed by atoms with van der Waals surface area (Å²) in [5.41, 5.74) is 4.92. The molecule has 0 spiro atoms. The molecule has 0 saturated carbocycles. The predicted octanol–water partition coefficient (Wildman–Crippen LogP) is 4.23. The van der Waals surface area contributed by atoms with Gasteiger partial charge >= 0.3 is 0 Å². The second-order valence-electron chi connectivity index (χ2n) is 8.01. The van der Waals surface area contributed by atoms with Gasteiger partial charge in [0.1, 0.15) is 5.65 Å². The first kappa shape index (κ1) is 20.7. The zero-order chi connectivity index (χ0) is 22.2. The number of thiophene rings is 1. The van der Waals surface area contributed by atoms with Crippen LogP contribution in [-0.4, -0.2) is 35.0 Å². The summed E-state index contributed by atoms with van der Waals surface area (Å²) in [5.74, 6) is 1.48. The summed E-state index contributed by atoms with van der Waals surface area (Å²) in [6, 6.07) is 14.0. The highest BCUT2D eigenvalue weighted by molar-refractivity contribution is 7.10. The number of pyridine rings is 1. The Hall–Kier alpha value is -3.16. The normalized spacial score (nSPS) is 16.2. The highest BCUT2D eigenvalue weighted by Gasteiger charge is 2.31. The van der Waals surface area contributed by atoms with Gasteiger partial charge in [0.05, 0.1) is 26.0 Å². The van der Waals surface area contributed by atoms with Crippen molar-refractivity contribution in [3.8, 4) is 11.5 Å². The second kappa shape index (κ2) is 8.41. The van der Waals surface area contributed by atoms with Gasteiger partial charge in [-0.25, -0.2) is 4.98 Å². The Balaban J connectivity index is 1.58. The van der Waals surface area contributed by atoms with Gasteiger partial charge in [0.25, 0.3) is 5.56 Å². The van der Waals surface area contributed by atoms with Crippen LogP contribution in [0, 0.1) is 6.92 Å². The lowest BCUT2D eigenvalue weighted by Gasteiger charge is -2.37. The summed E-state index contributed by atoms with van der Waals surface area (Å²) < 4.78 is 12.7. The molecular formula is C25H25N3O3S. The van der Waals surface area contributed by atoms with Crippen LogP contribution in [0.1, 0.15) is 33.3 Å². The van der Waals surface area contributed by atoms with E-state index in [4.69, 9.17) is 14.5 Å². The molecule has 1 aliphatic rings. The Labute approximate surface area is 190 Å². The predicted molar refractivity (Wildman–Crippen MR) is 126 cm³/mol. The van der Waals surface area contributed by atoms with E-state index in [0.29, 0.717) is 12.2 Å². The Morgan fingerprint density at radius 1 is 1.12 bits per heavy atom. The molecule has 3 aromatic heterocycles. The number of hydrogen-bond donors (Lipinski definition) is 0. The molecular weight excluding hydrogens is 422 g/mol. The molecule has 0 N–H and O–H groups in total. The molecule has 1 aliphatic heterocycles. The van der Waals surface area contributed by atoms with Crippen molar-refractivity contribution in [1.82, 2.24) is 14.3 Å². The number of fused-ring (bicyclic) bond motifs is 2. The van der Waals surface area contributed by atoms with Crippen LogP contribution in [0.25, 0.3) is 5.65 Å². The molecule has 7 heteroatoms. The van der Waals surface area contributed by atoms with Gasteiger partial charge in [-0.05, 0) is 59.7 Å². The molecule has 164 valence electrons. The average molecular weight is 448 g/mol. The van der Waals surface area contributed by atoms with Crippen LogP contribution in [-0.2, 0) is 13.0 Å². The lowest BCUT2D eigenvalue weighted by Crippen LogP contribution is -2.36. The van der Waals surface area contributed by atoms with Crippen LogP contribution < -0.4 is 15.0 Å². The van der Waals surface area contributed by atoms with E-state index in [2.05, 4.69) is 34.5 Å².